The Morgan fingerprint density at radius 2 is 2.12 bits per heavy atom. The summed E-state index contributed by atoms with van der Waals surface area (Å²) in [5, 5.41) is 17.7. The van der Waals surface area contributed by atoms with Crippen LogP contribution in [-0.2, 0) is 0 Å². The molecule has 1 aromatic carbocycles. The zero-order valence-corrected chi connectivity index (χ0v) is 13.9. The molecule has 0 bridgehead atoms. The van der Waals surface area contributed by atoms with Crippen LogP contribution in [0.1, 0.15) is 18.5 Å². The van der Waals surface area contributed by atoms with Gasteiger partial charge in [-0.25, -0.2) is 9.48 Å². The van der Waals surface area contributed by atoms with Crippen molar-refractivity contribution in [3.63, 3.8) is 0 Å². The van der Waals surface area contributed by atoms with Crippen molar-refractivity contribution < 1.29 is 9.53 Å². The average molecular weight is 344 g/mol. The van der Waals surface area contributed by atoms with Crippen LogP contribution in [0.3, 0.4) is 0 Å². The minimum Gasteiger partial charge on any atom is -0.497 e. The minimum absolute atomic E-state index is 0.204. The van der Waals surface area contributed by atoms with Gasteiger partial charge in [-0.15, -0.1) is 10.2 Å². The number of methoxy groups -OCH3 is 1. The highest BCUT2D eigenvalue weighted by molar-refractivity contribution is 7.13. The largest absolute Gasteiger partial charge is 0.497 e. The van der Waals surface area contributed by atoms with Crippen molar-refractivity contribution in [3.05, 3.63) is 47.7 Å². The molecule has 3 aromatic rings. The highest BCUT2D eigenvalue weighted by Gasteiger charge is 2.13. The molecular formula is C15H16N6O2S. The Hall–Kier alpha value is -2.94. The number of amides is 2. The number of carbonyl (C=O) groups excluding carboxylic acids is 1. The fourth-order valence-corrected chi connectivity index (χ4v) is 2.52. The molecule has 0 aliphatic rings. The number of carbonyl (C=O) groups is 1. The Morgan fingerprint density at radius 1 is 1.33 bits per heavy atom. The topological polar surface area (TPSA) is 94.0 Å². The normalized spacial score (nSPS) is 11.8. The van der Waals surface area contributed by atoms with Gasteiger partial charge >= 0.3 is 6.03 Å². The molecule has 1 atom stereocenters. The SMILES string of the molecule is COc1ccc(-n2cc([C@H](C)NC(=O)Nc3nncs3)cn2)cc1. The van der Waals surface area contributed by atoms with E-state index in [4.69, 9.17) is 4.74 Å². The van der Waals surface area contributed by atoms with E-state index in [1.54, 1.807) is 23.5 Å². The second-order valence-corrected chi connectivity index (χ2v) is 5.81. The Labute approximate surface area is 142 Å². The molecule has 2 heterocycles. The van der Waals surface area contributed by atoms with E-state index in [0.717, 1.165) is 17.0 Å². The lowest BCUT2D eigenvalue weighted by Gasteiger charge is -2.11. The number of rotatable bonds is 5. The van der Waals surface area contributed by atoms with E-state index < -0.39 is 0 Å². The first-order valence-electron chi connectivity index (χ1n) is 7.18. The van der Waals surface area contributed by atoms with Crippen LogP contribution in [0.25, 0.3) is 5.69 Å². The Balaban J connectivity index is 1.64. The van der Waals surface area contributed by atoms with Crippen LogP contribution in [0.5, 0.6) is 5.75 Å². The summed E-state index contributed by atoms with van der Waals surface area (Å²) in [4.78, 5) is 11.9. The number of urea groups is 1. The third-order valence-corrected chi connectivity index (χ3v) is 3.97. The predicted molar refractivity (Wildman–Crippen MR) is 90.6 cm³/mol. The first kappa shape index (κ1) is 15.9. The number of hydrogen-bond acceptors (Lipinski definition) is 6. The van der Waals surface area contributed by atoms with Gasteiger partial charge in [0, 0.05) is 11.8 Å². The zero-order valence-electron chi connectivity index (χ0n) is 13.1. The van der Waals surface area contributed by atoms with Crippen LogP contribution < -0.4 is 15.4 Å². The highest BCUT2D eigenvalue weighted by Crippen LogP contribution is 2.17. The maximum atomic E-state index is 11.9. The smallest absolute Gasteiger partial charge is 0.321 e. The number of anilines is 1. The Bertz CT molecular complexity index is 800. The van der Waals surface area contributed by atoms with Crippen molar-refractivity contribution in [2.45, 2.75) is 13.0 Å². The zero-order chi connectivity index (χ0) is 16.9. The Morgan fingerprint density at radius 3 is 2.79 bits per heavy atom. The molecule has 2 amide bonds. The van der Waals surface area contributed by atoms with E-state index in [9.17, 15) is 4.79 Å². The van der Waals surface area contributed by atoms with E-state index >= 15 is 0 Å². The van der Waals surface area contributed by atoms with Gasteiger partial charge in [0.2, 0.25) is 5.13 Å². The predicted octanol–water partition coefficient (Wildman–Crippen LogP) is 2.62. The van der Waals surface area contributed by atoms with Crippen molar-refractivity contribution in [1.82, 2.24) is 25.3 Å². The molecule has 9 heteroatoms. The van der Waals surface area contributed by atoms with Crippen LogP contribution in [0.4, 0.5) is 9.93 Å². The van der Waals surface area contributed by atoms with Crippen LogP contribution >= 0.6 is 11.3 Å². The van der Waals surface area contributed by atoms with Crippen LogP contribution in [0, 0.1) is 0 Å². The molecule has 0 saturated heterocycles. The first-order chi connectivity index (χ1) is 11.7. The molecule has 0 saturated carbocycles. The molecule has 124 valence electrons. The van der Waals surface area contributed by atoms with E-state index in [-0.39, 0.29) is 12.1 Å². The van der Waals surface area contributed by atoms with Crippen LogP contribution in [-0.4, -0.2) is 33.1 Å². The molecule has 0 fully saturated rings. The van der Waals surface area contributed by atoms with Gasteiger partial charge in [-0.2, -0.15) is 5.10 Å². The summed E-state index contributed by atoms with van der Waals surface area (Å²) >= 11 is 1.26. The summed E-state index contributed by atoms with van der Waals surface area (Å²) in [5.74, 6) is 0.787. The second-order valence-electron chi connectivity index (χ2n) is 4.98. The van der Waals surface area contributed by atoms with E-state index in [1.165, 1.54) is 11.3 Å². The molecule has 0 unspecified atom stereocenters. The molecule has 2 aromatic heterocycles. The van der Waals surface area contributed by atoms with Gasteiger partial charge in [0.1, 0.15) is 11.3 Å². The third kappa shape index (κ3) is 3.69. The number of nitrogens with zero attached hydrogens (tertiary/aromatic N) is 4. The van der Waals surface area contributed by atoms with Crippen molar-refractivity contribution in [1.29, 1.82) is 0 Å². The average Bonchev–Trinajstić information content (AvgIpc) is 3.26. The standard InChI is InChI=1S/C15H16N6O2S/c1-10(18-14(22)19-15-20-16-9-24-15)11-7-17-21(8-11)12-3-5-13(23-2)6-4-12/h3-10H,1-2H3,(H2,18,19,20,22)/t10-/m0/s1. The van der Waals surface area contributed by atoms with Crippen molar-refractivity contribution in [2.75, 3.05) is 12.4 Å². The third-order valence-electron chi connectivity index (χ3n) is 3.37. The quantitative estimate of drug-likeness (QED) is 0.742. The van der Waals surface area contributed by atoms with Gasteiger partial charge in [0.15, 0.2) is 0 Å². The summed E-state index contributed by atoms with van der Waals surface area (Å²) in [5.41, 5.74) is 3.35. The summed E-state index contributed by atoms with van der Waals surface area (Å²) < 4.78 is 6.89. The fraction of sp³-hybridized carbons (Fsp3) is 0.200. The summed E-state index contributed by atoms with van der Waals surface area (Å²) in [6.07, 6.45) is 3.60. The number of aromatic nitrogens is 4. The lowest BCUT2D eigenvalue weighted by Crippen LogP contribution is -2.30. The van der Waals surface area contributed by atoms with Crippen molar-refractivity contribution in [3.8, 4) is 11.4 Å². The second kappa shape index (κ2) is 7.09. The first-order valence-corrected chi connectivity index (χ1v) is 8.06. The number of benzene rings is 1. The fourth-order valence-electron chi connectivity index (χ4n) is 2.08. The molecule has 2 N–H and O–H groups in total. The Kier molecular flexibility index (Phi) is 4.71. The van der Waals surface area contributed by atoms with Gasteiger partial charge < -0.3 is 10.1 Å². The minimum atomic E-state index is -0.337. The summed E-state index contributed by atoms with van der Waals surface area (Å²) in [7, 11) is 1.63. The molecule has 8 nitrogen and oxygen atoms in total. The summed E-state index contributed by atoms with van der Waals surface area (Å²) in [6.45, 7) is 1.88. The van der Waals surface area contributed by atoms with E-state index in [1.807, 2.05) is 37.4 Å². The highest BCUT2D eigenvalue weighted by atomic mass is 32.1. The summed E-state index contributed by atoms with van der Waals surface area (Å²) in [6, 6.07) is 7.02. The van der Waals surface area contributed by atoms with E-state index in [2.05, 4.69) is 25.9 Å². The number of ether oxygens (including phenoxy) is 1. The van der Waals surface area contributed by atoms with Gasteiger partial charge in [-0.1, -0.05) is 11.3 Å². The molecule has 3 rings (SSSR count). The van der Waals surface area contributed by atoms with Gasteiger partial charge in [-0.3, -0.25) is 5.32 Å². The monoisotopic (exact) mass is 344 g/mol. The molecule has 24 heavy (non-hydrogen) atoms. The van der Waals surface area contributed by atoms with Crippen molar-refractivity contribution >= 4 is 22.5 Å². The van der Waals surface area contributed by atoms with Crippen LogP contribution in [0.2, 0.25) is 0 Å². The van der Waals surface area contributed by atoms with E-state index in [0.29, 0.717) is 5.13 Å². The van der Waals surface area contributed by atoms with Gasteiger partial charge in [0.25, 0.3) is 0 Å². The van der Waals surface area contributed by atoms with Gasteiger partial charge in [0.05, 0.1) is 25.0 Å². The van der Waals surface area contributed by atoms with Crippen LogP contribution in [0.15, 0.2) is 42.2 Å². The number of hydrogen-bond donors (Lipinski definition) is 2. The molecule has 0 spiro atoms. The molecule has 0 aliphatic heterocycles. The molecule has 0 radical (unpaired) electrons. The lowest BCUT2D eigenvalue weighted by molar-refractivity contribution is 0.249. The maximum Gasteiger partial charge on any atom is 0.321 e. The molecular weight excluding hydrogens is 328 g/mol. The number of nitrogens with one attached hydrogen (secondary N) is 2. The molecule has 0 aliphatic carbocycles. The van der Waals surface area contributed by atoms with Crippen molar-refractivity contribution in [2.24, 2.45) is 0 Å². The maximum absolute atomic E-state index is 11.9. The lowest BCUT2D eigenvalue weighted by atomic mass is 10.2. The van der Waals surface area contributed by atoms with Gasteiger partial charge in [-0.05, 0) is 31.2 Å².